The zero-order valence-corrected chi connectivity index (χ0v) is 10.8. The minimum Gasteiger partial charge on any atom is -0.369 e. The Bertz CT molecular complexity index is 535. The van der Waals surface area contributed by atoms with Gasteiger partial charge in [-0.25, -0.2) is 17.7 Å². The van der Waals surface area contributed by atoms with Gasteiger partial charge in [-0.15, -0.1) is 0 Å². The molecular formula is C9H16N4O3S. The van der Waals surface area contributed by atoms with E-state index in [0.29, 0.717) is 11.6 Å². The Labute approximate surface area is 99.9 Å². The van der Waals surface area contributed by atoms with E-state index in [1.807, 2.05) is 0 Å². The highest BCUT2D eigenvalue weighted by Gasteiger charge is 2.12. The number of nitrogens with one attached hydrogen (secondary N) is 2. The molecule has 1 rings (SSSR count). The number of aryl methyl sites for hydroxylation is 1. The van der Waals surface area contributed by atoms with E-state index in [1.54, 1.807) is 6.92 Å². The van der Waals surface area contributed by atoms with Crippen LogP contribution in [0.25, 0.3) is 0 Å². The molecule has 7 nitrogen and oxygen atoms in total. The molecule has 1 heterocycles. The minimum atomic E-state index is -3.23. The van der Waals surface area contributed by atoms with Crippen LogP contribution in [0.5, 0.6) is 0 Å². The standard InChI is InChI=1S/C9H16N4O3S/c1-7-11-8(6-9(14)12-7)10-4-5-17(15,16)13(2)3/h6H,4-5H2,1-3H3,(H2,10,11,12,14). The van der Waals surface area contributed by atoms with Gasteiger partial charge >= 0.3 is 0 Å². The minimum absolute atomic E-state index is 0.0481. The van der Waals surface area contributed by atoms with Gasteiger partial charge < -0.3 is 10.3 Å². The second kappa shape index (κ2) is 5.28. The highest BCUT2D eigenvalue weighted by molar-refractivity contribution is 7.89. The third-order valence-corrected chi connectivity index (χ3v) is 3.92. The van der Waals surface area contributed by atoms with Crippen LogP contribution in [0.15, 0.2) is 10.9 Å². The number of rotatable bonds is 5. The molecule has 96 valence electrons. The Hall–Kier alpha value is -1.41. The smallest absolute Gasteiger partial charge is 0.252 e. The maximum atomic E-state index is 11.5. The summed E-state index contributed by atoms with van der Waals surface area (Å²) in [5.74, 6) is 0.809. The number of H-pyrrole nitrogens is 1. The summed E-state index contributed by atoms with van der Waals surface area (Å²) in [4.78, 5) is 17.6. The van der Waals surface area contributed by atoms with Crippen LogP contribution in [-0.4, -0.2) is 49.1 Å². The third kappa shape index (κ3) is 4.16. The molecule has 2 N–H and O–H groups in total. The van der Waals surface area contributed by atoms with Crippen LogP contribution in [0.3, 0.4) is 0 Å². The molecule has 0 aliphatic rings. The molecule has 0 aliphatic heterocycles. The van der Waals surface area contributed by atoms with Gasteiger partial charge in [0.2, 0.25) is 10.0 Å². The first-order valence-corrected chi connectivity index (χ1v) is 6.64. The largest absolute Gasteiger partial charge is 0.369 e. The first kappa shape index (κ1) is 13.7. The molecule has 0 saturated heterocycles. The fourth-order valence-corrected chi connectivity index (χ4v) is 1.89. The summed E-state index contributed by atoms with van der Waals surface area (Å²) in [6.45, 7) is 1.86. The van der Waals surface area contributed by atoms with Crippen molar-refractivity contribution in [1.82, 2.24) is 14.3 Å². The first-order valence-electron chi connectivity index (χ1n) is 5.03. The van der Waals surface area contributed by atoms with Gasteiger partial charge in [-0.3, -0.25) is 4.79 Å². The van der Waals surface area contributed by atoms with Gasteiger partial charge in [0.15, 0.2) is 0 Å². The lowest BCUT2D eigenvalue weighted by Gasteiger charge is -2.11. The molecule has 0 aliphatic carbocycles. The van der Waals surface area contributed by atoms with Crippen molar-refractivity contribution in [3.63, 3.8) is 0 Å². The lowest BCUT2D eigenvalue weighted by Crippen LogP contribution is -2.28. The van der Waals surface area contributed by atoms with E-state index in [2.05, 4.69) is 15.3 Å². The highest BCUT2D eigenvalue weighted by Crippen LogP contribution is 1.99. The molecule has 0 aromatic carbocycles. The Balaban J connectivity index is 2.60. The summed E-state index contributed by atoms with van der Waals surface area (Å²) in [5.41, 5.74) is -0.268. The van der Waals surface area contributed by atoms with Gasteiger partial charge in [-0.05, 0) is 6.92 Å². The number of hydrogen-bond acceptors (Lipinski definition) is 5. The van der Waals surface area contributed by atoms with Gasteiger partial charge in [0, 0.05) is 26.7 Å². The topological polar surface area (TPSA) is 95.2 Å². The Morgan fingerprint density at radius 1 is 1.47 bits per heavy atom. The number of anilines is 1. The van der Waals surface area contributed by atoms with Gasteiger partial charge in [-0.1, -0.05) is 0 Å². The molecular weight excluding hydrogens is 244 g/mol. The second-order valence-corrected chi connectivity index (χ2v) is 6.04. The summed E-state index contributed by atoms with van der Waals surface area (Å²) in [6.07, 6.45) is 0. The highest BCUT2D eigenvalue weighted by atomic mass is 32.2. The van der Waals surface area contributed by atoms with Gasteiger partial charge in [0.25, 0.3) is 5.56 Å². The monoisotopic (exact) mass is 260 g/mol. The number of aromatic nitrogens is 2. The van der Waals surface area contributed by atoms with E-state index in [0.717, 1.165) is 4.31 Å². The second-order valence-electron chi connectivity index (χ2n) is 3.74. The number of hydrogen-bond donors (Lipinski definition) is 2. The zero-order valence-electron chi connectivity index (χ0n) is 10.0. The molecule has 1 aromatic rings. The van der Waals surface area contributed by atoms with Crippen LogP contribution in [-0.2, 0) is 10.0 Å². The molecule has 0 saturated carbocycles. The molecule has 0 radical (unpaired) electrons. The van der Waals surface area contributed by atoms with E-state index < -0.39 is 10.0 Å². The molecule has 0 amide bonds. The molecule has 17 heavy (non-hydrogen) atoms. The van der Waals surface area contributed by atoms with Crippen molar-refractivity contribution in [2.75, 3.05) is 31.7 Å². The van der Waals surface area contributed by atoms with Crippen LogP contribution < -0.4 is 10.9 Å². The molecule has 0 spiro atoms. The van der Waals surface area contributed by atoms with Crippen molar-refractivity contribution in [2.45, 2.75) is 6.92 Å². The van der Waals surface area contributed by atoms with Crippen LogP contribution >= 0.6 is 0 Å². The van der Waals surface area contributed by atoms with Gasteiger partial charge in [0.05, 0.1) is 5.75 Å². The van der Waals surface area contributed by atoms with Crippen molar-refractivity contribution in [1.29, 1.82) is 0 Å². The van der Waals surface area contributed by atoms with E-state index >= 15 is 0 Å². The quantitative estimate of drug-likeness (QED) is 0.736. The van der Waals surface area contributed by atoms with E-state index in [1.165, 1.54) is 20.2 Å². The van der Waals surface area contributed by atoms with E-state index in [-0.39, 0.29) is 17.9 Å². The first-order chi connectivity index (χ1) is 7.81. The lowest BCUT2D eigenvalue weighted by molar-refractivity contribution is 0.521. The fraction of sp³-hybridized carbons (Fsp3) is 0.556. The molecule has 1 aromatic heterocycles. The van der Waals surface area contributed by atoms with E-state index in [9.17, 15) is 13.2 Å². The van der Waals surface area contributed by atoms with Crippen LogP contribution in [0.1, 0.15) is 5.82 Å². The molecule has 0 fully saturated rings. The fourth-order valence-electron chi connectivity index (χ4n) is 1.16. The Kier molecular flexibility index (Phi) is 4.24. The SMILES string of the molecule is Cc1nc(NCCS(=O)(=O)N(C)C)cc(=O)[nH]1. The summed E-state index contributed by atoms with van der Waals surface area (Å²) >= 11 is 0. The predicted octanol–water partition coefficient (Wildman–Crippen LogP) is -0.618. The number of sulfonamides is 1. The van der Waals surface area contributed by atoms with Crippen molar-refractivity contribution >= 4 is 15.8 Å². The molecule has 8 heteroatoms. The third-order valence-electron chi connectivity index (χ3n) is 2.08. The van der Waals surface area contributed by atoms with Crippen molar-refractivity contribution < 1.29 is 8.42 Å². The Morgan fingerprint density at radius 3 is 2.65 bits per heavy atom. The predicted molar refractivity (Wildman–Crippen MR) is 65.6 cm³/mol. The maximum absolute atomic E-state index is 11.5. The van der Waals surface area contributed by atoms with E-state index in [4.69, 9.17) is 0 Å². The average molecular weight is 260 g/mol. The molecule has 0 atom stereocenters. The summed E-state index contributed by atoms with van der Waals surface area (Å²) in [6, 6.07) is 1.29. The molecule has 0 unspecified atom stereocenters. The van der Waals surface area contributed by atoms with Gasteiger partial charge in [0.1, 0.15) is 11.6 Å². The number of nitrogens with zero attached hydrogens (tertiary/aromatic N) is 2. The van der Waals surface area contributed by atoms with Gasteiger partial charge in [-0.2, -0.15) is 0 Å². The summed E-state index contributed by atoms with van der Waals surface area (Å²) in [5, 5.41) is 2.80. The van der Waals surface area contributed by atoms with Crippen LogP contribution in [0, 0.1) is 6.92 Å². The normalized spacial score (nSPS) is 11.8. The van der Waals surface area contributed by atoms with Crippen LogP contribution in [0.4, 0.5) is 5.82 Å². The molecule has 0 bridgehead atoms. The average Bonchev–Trinajstić information content (AvgIpc) is 2.15. The number of aromatic amines is 1. The zero-order chi connectivity index (χ0) is 13.1. The Morgan fingerprint density at radius 2 is 2.12 bits per heavy atom. The van der Waals surface area contributed by atoms with Crippen molar-refractivity contribution in [3.8, 4) is 0 Å². The summed E-state index contributed by atoms with van der Waals surface area (Å²) < 4.78 is 24.1. The summed E-state index contributed by atoms with van der Waals surface area (Å²) in [7, 11) is -0.277. The van der Waals surface area contributed by atoms with Crippen LogP contribution in [0.2, 0.25) is 0 Å². The van der Waals surface area contributed by atoms with Crippen molar-refractivity contribution in [2.24, 2.45) is 0 Å². The van der Waals surface area contributed by atoms with Crippen molar-refractivity contribution in [3.05, 3.63) is 22.2 Å². The maximum Gasteiger partial charge on any atom is 0.252 e. The lowest BCUT2D eigenvalue weighted by atomic mass is 10.5.